The van der Waals surface area contributed by atoms with Crippen molar-refractivity contribution < 1.29 is 37.4 Å². The van der Waals surface area contributed by atoms with Crippen molar-refractivity contribution in [2.45, 2.75) is 102 Å². The molecule has 2 fully saturated rings. The van der Waals surface area contributed by atoms with Gasteiger partial charge in [-0.3, -0.25) is 19.2 Å². The smallest absolute Gasteiger partial charge is 0.257 e. The minimum Gasteiger partial charge on any atom is -0.347 e. The van der Waals surface area contributed by atoms with Crippen molar-refractivity contribution in [2.24, 2.45) is 0 Å². The summed E-state index contributed by atoms with van der Waals surface area (Å²) in [5.74, 6) is -0.662. The van der Waals surface area contributed by atoms with E-state index >= 15 is 0 Å². The first kappa shape index (κ1) is 42.2. The van der Waals surface area contributed by atoms with Gasteiger partial charge in [0.05, 0.1) is 0 Å². The summed E-state index contributed by atoms with van der Waals surface area (Å²) in [6, 6.07) is 30.7. The monoisotopic (exact) mass is 856 g/mol. The lowest BCUT2D eigenvalue weighted by Gasteiger charge is -2.32. The topological polar surface area (TPSA) is 132 Å². The highest BCUT2D eigenvalue weighted by molar-refractivity contribution is 5.96. The Balaban J connectivity index is 0.988. The van der Waals surface area contributed by atoms with Crippen LogP contribution < -0.4 is 39.5 Å². The van der Waals surface area contributed by atoms with E-state index in [2.05, 4.69) is 57.7 Å². The van der Waals surface area contributed by atoms with Crippen molar-refractivity contribution in [2.75, 3.05) is 0 Å². The number of amides is 4. The molecule has 3 aliphatic rings. The van der Waals surface area contributed by atoms with Crippen LogP contribution in [-0.2, 0) is 26.2 Å². The standard InChI is InChI=1S/C52H52N8O4/c61-49-41-15-7-23-57(33-41)29-37-11-5-13-39(27-37)31-59-25-9-17-43(35-59)51(63)55-47-21-3-4-22-48(47)56-52(64)44-18-10-26-60(36-44)32-40-14-6-12-38(28-40)30-58-24-8-16-42(34-58)50(62)54-46-20-2-1-19-45(46)53-49/h5-18,23-28,33-36,45-48H,1-4,19-22,29-32H2/p+4/t45-,46-,47-,48-/m0/s1. The number of benzene rings is 2. The van der Waals surface area contributed by atoms with Crippen LogP contribution in [0, 0.1) is 0 Å². The molecular weight excluding hydrogens is 801 g/mol. The molecule has 2 saturated carbocycles. The van der Waals surface area contributed by atoms with Gasteiger partial charge in [-0.05, 0) is 62.1 Å². The van der Waals surface area contributed by atoms with Gasteiger partial charge in [0.2, 0.25) is 0 Å². The number of aromatic nitrogens is 4. The van der Waals surface area contributed by atoms with Crippen LogP contribution in [0.25, 0.3) is 0 Å². The van der Waals surface area contributed by atoms with Crippen molar-refractivity contribution in [3.63, 3.8) is 0 Å². The van der Waals surface area contributed by atoms with Crippen LogP contribution in [0.2, 0.25) is 0 Å². The SMILES string of the molecule is O=C1N[C@H]2CCCC[C@@H]2NC(=O)c2ccc[n+](c2)Cc2cccc(c2)C[n+]2cccc(c2)C(=O)N[C@H]2CCCC[C@@H]2NC(=O)c2ccc[n+](c2)Cc2cccc(c2)C[n+]2cccc1c2. The Morgan fingerprint density at radius 3 is 0.844 bits per heavy atom. The molecule has 4 atom stereocenters. The number of fused-ring (bicyclic) bond motifs is 14. The first-order valence-corrected chi connectivity index (χ1v) is 22.6. The van der Waals surface area contributed by atoms with Crippen molar-refractivity contribution in [1.82, 2.24) is 21.3 Å². The summed E-state index contributed by atoms with van der Waals surface area (Å²) in [6.45, 7) is 2.26. The van der Waals surface area contributed by atoms with Gasteiger partial charge in [-0.25, -0.2) is 0 Å². The van der Waals surface area contributed by atoms with E-state index in [-0.39, 0.29) is 47.8 Å². The lowest BCUT2D eigenvalue weighted by molar-refractivity contribution is -0.689. The van der Waals surface area contributed by atoms with Crippen molar-refractivity contribution in [3.8, 4) is 0 Å². The third-order valence-corrected chi connectivity index (χ3v) is 12.7. The van der Waals surface area contributed by atoms with Gasteiger partial charge in [-0.2, -0.15) is 18.3 Å². The van der Waals surface area contributed by atoms with Gasteiger partial charge < -0.3 is 21.3 Å². The summed E-state index contributed by atoms with van der Waals surface area (Å²) in [7, 11) is 0. The predicted octanol–water partition coefficient (Wildman–Crippen LogP) is 4.29. The van der Waals surface area contributed by atoms with Crippen molar-refractivity contribution >= 4 is 23.6 Å². The number of pyridine rings is 4. The average Bonchev–Trinajstić information content (AvgIpc) is 3.30. The highest BCUT2D eigenvalue weighted by Crippen LogP contribution is 2.21. The molecule has 0 radical (unpaired) electrons. The van der Waals surface area contributed by atoms with Gasteiger partial charge in [-0.15, -0.1) is 0 Å². The van der Waals surface area contributed by atoms with E-state index in [1.54, 1.807) is 0 Å². The van der Waals surface area contributed by atoms with Crippen LogP contribution in [0.3, 0.4) is 0 Å². The zero-order valence-electron chi connectivity index (χ0n) is 36.1. The molecule has 0 saturated heterocycles. The molecule has 0 unspecified atom stereocenters. The second-order valence-electron chi connectivity index (χ2n) is 17.6. The summed E-state index contributed by atoms with van der Waals surface area (Å²) in [6.07, 6.45) is 22.4. The molecule has 6 aromatic rings. The first-order valence-electron chi connectivity index (χ1n) is 22.6. The van der Waals surface area contributed by atoms with Crippen LogP contribution in [0.5, 0.6) is 0 Å². The second-order valence-corrected chi connectivity index (χ2v) is 17.6. The predicted molar refractivity (Wildman–Crippen MR) is 238 cm³/mol. The summed E-state index contributed by atoms with van der Waals surface area (Å²) in [5, 5.41) is 13.0. The summed E-state index contributed by atoms with van der Waals surface area (Å²) in [4.78, 5) is 55.1. The Morgan fingerprint density at radius 2 is 0.594 bits per heavy atom. The normalized spacial score (nSPS) is 21.0. The zero-order chi connectivity index (χ0) is 43.8. The number of nitrogens with one attached hydrogen (secondary N) is 4. The minimum atomic E-state index is -0.198. The Labute approximate surface area is 374 Å². The molecule has 2 aromatic carbocycles. The third kappa shape index (κ3) is 10.6. The number of hydrogen-bond acceptors (Lipinski definition) is 4. The molecule has 4 N–H and O–H groups in total. The molecule has 324 valence electrons. The molecule has 0 spiro atoms. The summed E-state index contributed by atoms with van der Waals surface area (Å²) < 4.78 is 8.04. The van der Waals surface area contributed by atoms with Gasteiger partial charge in [-0.1, -0.05) is 62.1 Å². The highest BCUT2D eigenvalue weighted by Gasteiger charge is 2.31. The van der Waals surface area contributed by atoms with Gasteiger partial charge in [0.1, 0.15) is 22.3 Å². The fourth-order valence-electron chi connectivity index (χ4n) is 9.47. The van der Waals surface area contributed by atoms with E-state index in [1.807, 2.05) is 129 Å². The molecular formula is C52H56N8O4+4. The zero-order valence-corrected chi connectivity index (χ0v) is 36.1. The molecule has 64 heavy (non-hydrogen) atoms. The Morgan fingerprint density at radius 1 is 0.344 bits per heavy atom. The molecule has 9 rings (SSSR count). The van der Waals surface area contributed by atoms with E-state index in [9.17, 15) is 19.2 Å². The van der Waals surface area contributed by atoms with Crippen LogP contribution in [0.1, 0.15) is 115 Å². The first-order chi connectivity index (χ1) is 31.3. The van der Waals surface area contributed by atoms with Gasteiger partial charge in [0, 0.05) is 70.7 Å². The van der Waals surface area contributed by atoms with Crippen LogP contribution >= 0.6 is 0 Å². The van der Waals surface area contributed by atoms with Crippen molar-refractivity contribution in [1.29, 1.82) is 0 Å². The maximum absolute atomic E-state index is 13.8. The summed E-state index contributed by atoms with van der Waals surface area (Å²) in [5.41, 5.74) is 6.53. The number of nitrogens with zero attached hydrogens (tertiary/aromatic N) is 4. The van der Waals surface area contributed by atoms with Crippen molar-refractivity contribution in [3.05, 3.63) is 191 Å². The quantitative estimate of drug-likeness (QED) is 0.170. The van der Waals surface area contributed by atoms with E-state index in [0.29, 0.717) is 48.4 Å². The second kappa shape index (κ2) is 19.5. The molecule has 4 amide bonds. The lowest BCUT2D eigenvalue weighted by atomic mass is 9.90. The highest BCUT2D eigenvalue weighted by atomic mass is 16.2. The molecule has 2 aliphatic carbocycles. The maximum atomic E-state index is 13.8. The van der Waals surface area contributed by atoms with Gasteiger partial charge in [0.25, 0.3) is 23.6 Å². The molecule has 12 bridgehead atoms. The Kier molecular flexibility index (Phi) is 12.9. The van der Waals surface area contributed by atoms with Crippen LogP contribution in [-0.4, -0.2) is 47.8 Å². The molecule has 5 heterocycles. The molecule has 1 aliphatic heterocycles. The summed E-state index contributed by atoms with van der Waals surface area (Å²) >= 11 is 0. The van der Waals surface area contributed by atoms with Crippen LogP contribution in [0.15, 0.2) is 147 Å². The number of rotatable bonds is 0. The average molecular weight is 857 g/mol. The maximum Gasteiger partial charge on any atom is 0.257 e. The third-order valence-electron chi connectivity index (χ3n) is 12.7. The Bertz CT molecular complexity index is 2330. The van der Waals surface area contributed by atoms with E-state index in [4.69, 9.17) is 0 Å². The number of hydrogen-bond donors (Lipinski definition) is 4. The molecule has 12 heteroatoms. The van der Waals surface area contributed by atoms with E-state index in [0.717, 1.165) is 73.6 Å². The number of carbonyl (C=O) groups is 4. The molecule has 4 aromatic heterocycles. The lowest BCUT2D eigenvalue weighted by Crippen LogP contribution is -2.53. The van der Waals surface area contributed by atoms with Crippen LogP contribution in [0.4, 0.5) is 0 Å². The number of carbonyl (C=O) groups excluding carboxylic acids is 4. The minimum absolute atomic E-state index is 0.165. The van der Waals surface area contributed by atoms with Gasteiger partial charge in [0.15, 0.2) is 75.8 Å². The van der Waals surface area contributed by atoms with E-state index in [1.165, 1.54) is 0 Å². The Hall–Kier alpha value is -7.08. The van der Waals surface area contributed by atoms with Gasteiger partial charge >= 0.3 is 0 Å². The molecule has 12 nitrogen and oxygen atoms in total. The fraction of sp³-hybridized carbons (Fsp3) is 0.308. The largest absolute Gasteiger partial charge is 0.347 e. The fourth-order valence-corrected chi connectivity index (χ4v) is 9.47. The van der Waals surface area contributed by atoms with E-state index < -0.39 is 0 Å².